The van der Waals surface area contributed by atoms with Crippen molar-refractivity contribution >= 4 is 27.3 Å². The lowest BCUT2D eigenvalue weighted by atomic mass is 10.0. The van der Waals surface area contributed by atoms with Gasteiger partial charge in [0.25, 0.3) is 0 Å². The number of nitrogens with one attached hydrogen (secondary N) is 1. The molecule has 0 fully saturated rings. The Kier molecular flexibility index (Phi) is 4.52. The molecule has 1 aliphatic heterocycles. The summed E-state index contributed by atoms with van der Waals surface area (Å²) >= 11 is 5.33. The lowest BCUT2D eigenvalue weighted by Crippen LogP contribution is -2.18. The minimum Gasteiger partial charge on any atom is -0.496 e. The number of methoxy groups -OCH3 is 1. The second-order valence-corrected chi connectivity index (χ2v) is 6.94. The maximum absolute atomic E-state index is 5.82. The van der Waals surface area contributed by atoms with Crippen LogP contribution in [-0.2, 0) is 12.8 Å². The molecular formula is C16H18BrNO2S. The number of benzene rings is 1. The van der Waals surface area contributed by atoms with Crippen LogP contribution in [-0.4, -0.2) is 20.8 Å². The number of rotatable bonds is 5. The summed E-state index contributed by atoms with van der Waals surface area (Å²) in [7, 11) is 3.70. The van der Waals surface area contributed by atoms with Crippen molar-refractivity contribution in [2.75, 3.05) is 20.8 Å². The second-order valence-electron chi connectivity index (χ2n) is 5.09. The standard InChI is InChI=1S/C16H18BrNO2S/c1-18-14(15-8-13(19-2)9-21-15)7-11-6-12(17)5-10-3-4-20-16(10)11/h5-6,8-9,14,18H,3-4,7H2,1-2H3. The molecule has 3 nitrogen and oxygen atoms in total. The Balaban J connectivity index is 1.87. The summed E-state index contributed by atoms with van der Waals surface area (Å²) in [6.07, 6.45) is 1.90. The first kappa shape index (κ1) is 14.9. The summed E-state index contributed by atoms with van der Waals surface area (Å²) in [5, 5.41) is 5.44. The molecule has 1 aromatic heterocycles. The van der Waals surface area contributed by atoms with Gasteiger partial charge in [0.1, 0.15) is 11.5 Å². The zero-order valence-corrected chi connectivity index (χ0v) is 14.5. The van der Waals surface area contributed by atoms with Gasteiger partial charge in [-0.15, -0.1) is 11.3 Å². The zero-order chi connectivity index (χ0) is 14.8. The predicted octanol–water partition coefficient (Wildman–Crippen LogP) is 3.96. The molecule has 0 spiro atoms. The highest BCUT2D eigenvalue weighted by molar-refractivity contribution is 9.10. The molecule has 5 heteroatoms. The number of fused-ring (bicyclic) bond motifs is 1. The molecule has 1 N–H and O–H groups in total. The minimum atomic E-state index is 0.265. The van der Waals surface area contributed by atoms with E-state index in [0.29, 0.717) is 0 Å². The summed E-state index contributed by atoms with van der Waals surface area (Å²) in [5.74, 6) is 1.99. The van der Waals surface area contributed by atoms with E-state index in [1.807, 2.05) is 12.4 Å². The molecule has 0 amide bonds. The molecule has 112 valence electrons. The molecule has 0 bridgehead atoms. The van der Waals surface area contributed by atoms with Crippen molar-refractivity contribution in [3.63, 3.8) is 0 Å². The summed E-state index contributed by atoms with van der Waals surface area (Å²) in [4.78, 5) is 1.28. The third-order valence-corrected chi connectivity index (χ3v) is 5.26. The van der Waals surface area contributed by atoms with Gasteiger partial charge in [-0.25, -0.2) is 0 Å². The van der Waals surface area contributed by atoms with Gasteiger partial charge >= 0.3 is 0 Å². The maximum atomic E-state index is 5.82. The number of ether oxygens (including phenoxy) is 2. The van der Waals surface area contributed by atoms with E-state index in [4.69, 9.17) is 9.47 Å². The fourth-order valence-corrected chi connectivity index (χ4v) is 4.21. The van der Waals surface area contributed by atoms with Crippen molar-refractivity contribution in [2.24, 2.45) is 0 Å². The number of likely N-dealkylation sites (N-methyl/N-ethyl adjacent to an activating group) is 1. The molecule has 1 unspecified atom stereocenters. The van der Waals surface area contributed by atoms with Crippen molar-refractivity contribution in [3.8, 4) is 11.5 Å². The monoisotopic (exact) mass is 367 g/mol. The Morgan fingerprint density at radius 3 is 3.00 bits per heavy atom. The molecule has 0 aliphatic carbocycles. The maximum Gasteiger partial charge on any atom is 0.129 e. The SMILES string of the molecule is CNC(Cc1cc(Br)cc2c1OCC2)c1cc(OC)cs1. The van der Waals surface area contributed by atoms with Crippen LogP contribution in [0.4, 0.5) is 0 Å². The normalized spacial score (nSPS) is 14.6. The van der Waals surface area contributed by atoms with Gasteiger partial charge in [-0.3, -0.25) is 0 Å². The molecule has 0 saturated carbocycles. The van der Waals surface area contributed by atoms with Gasteiger partial charge in [-0.2, -0.15) is 0 Å². The summed E-state index contributed by atoms with van der Waals surface area (Å²) in [6, 6.07) is 6.69. The molecule has 2 aromatic rings. The van der Waals surface area contributed by atoms with Crippen molar-refractivity contribution < 1.29 is 9.47 Å². The van der Waals surface area contributed by atoms with Gasteiger partial charge in [-0.05, 0) is 42.8 Å². The average Bonchev–Trinajstić information content (AvgIpc) is 3.12. The zero-order valence-electron chi connectivity index (χ0n) is 12.1. The van der Waals surface area contributed by atoms with Crippen LogP contribution < -0.4 is 14.8 Å². The van der Waals surface area contributed by atoms with Crippen molar-refractivity contribution in [3.05, 3.63) is 44.1 Å². The van der Waals surface area contributed by atoms with Crippen molar-refractivity contribution in [2.45, 2.75) is 18.9 Å². The van der Waals surface area contributed by atoms with Gasteiger partial charge in [0, 0.05) is 27.2 Å². The van der Waals surface area contributed by atoms with E-state index in [9.17, 15) is 0 Å². The van der Waals surface area contributed by atoms with Gasteiger partial charge in [0.2, 0.25) is 0 Å². The van der Waals surface area contributed by atoms with E-state index >= 15 is 0 Å². The first-order chi connectivity index (χ1) is 10.2. The lowest BCUT2D eigenvalue weighted by Gasteiger charge is -2.17. The Morgan fingerprint density at radius 2 is 2.29 bits per heavy atom. The summed E-state index contributed by atoms with van der Waals surface area (Å²) < 4.78 is 12.2. The summed E-state index contributed by atoms with van der Waals surface area (Å²) in [5.41, 5.74) is 2.56. The molecule has 1 atom stereocenters. The van der Waals surface area contributed by atoms with E-state index in [1.165, 1.54) is 16.0 Å². The minimum absolute atomic E-state index is 0.265. The van der Waals surface area contributed by atoms with E-state index in [-0.39, 0.29) is 6.04 Å². The van der Waals surface area contributed by atoms with Crippen LogP contribution in [0.2, 0.25) is 0 Å². The highest BCUT2D eigenvalue weighted by Crippen LogP contribution is 2.36. The van der Waals surface area contributed by atoms with Crippen LogP contribution in [0.3, 0.4) is 0 Å². The molecule has 2 heterocycles. The molecular weight excluding hydrogens is 350 g/mol. The van der Waals surface area contributed by atoms with Crippen LogP contribution in [0.5, 0.6) is 11.5 Å². The third-order valence-electron chi connectivity index (χ3n) is 3.77. The van der Waals surface area contributed by atoms with Crippen molar-refractivity contribution in [1.82, 2.24) is 5.32 Å². The Bertz CT molecular complexity index is 641. The highest BCUT2D eigenvalue weighted by atomic mass is 79.9. The average molecular weight is 368 g/mol. The second kappa shape index (κ2) is 6.38. The molecule has 0 saturated heterocycles. The molecule has 0 radical (unpaired) electrons. The smallest absolute Gasteiger partial charge is 0.129 e. The van der Waals surface area contributed by atoms with Crippen molar-refractivity contribution in [1.29, 1.82) is 0 Å². The van der Waals surface area contributed by atoms with Crippen LogP contribution in [0.15, 0.2) is 28.1 Å². The number of thiophene rings is 1. The van der Waals surface area contributed by atoms with Gasteiger partial charge in [-0.1, -0.05) is 15.9 Å². The van der Waals surface area contributed by atoms with Gasteiger partial charge < -0.3 is 14.8 Å². The van der Waals surface area contributed by atoms with Crippen LogP contribution in [0.1, 0.15) is 22.0 Å². The van der Waals surface area contributed by atoms with Gasteiger partial charge in [0.05, 0.1) is 13.7 Å². The quantitative estimate of drug-likeness (QED) is 0.867. The van der Waals surface area contributed by atoms with Gasteiger partial charge in [0.15, 0.2) is 0 Å². The molecule has 3 rings (SSSR count). The van der Waals surface area contributed by atoms with E-state index in [0.717, 1.165) is 35.4 Å². The van der Waals surface area contributed by atoms with Crippen LogP contribution in [0, 0.1) is 0 Å². The predicted molar refractivity (Wildman–Crippen MR) is 89.7 cm³/mol. The van der Waals surface area contributed by atoms with E-state index in [2.05, 4.69) is 39.4 Å². The number of hydrogen-bond donors (Lipinski definition) is 1. The summed E-state index contributed by atoms with van der Waals surface area (Å²) in [6.45, 7) is 0.788. The largest absolute Gasteiger partial charge is 0.496 e. The number of halogens is 1. The highest BCUT2D eigenvalue weighted by Gasteiger charge is 2.21. The molecule has 1 aromatic carbocycles. The molecule has 21 heavy (non-hydrogen) atoms. The van der Waals surface area contributed by atoms with Crippen LogP contribution in [0.25, 0.3) is 0 Å². The first-order valence-electron chi connectivity index (χ1n) is 6.95. The first-order valence-corrected chi connectivity index (χ1v) is 8.62. The Hall–Kier alpha value is -1.04. The Morgan fingerprint density at radius 1 is 1.43 bits per heavy atom. The fourth-order valence-electron chi connectivity index (χ4n) is 2.69. The topological polar surface area (TPSA) is 30.5 Å². The Labute approximate surface area is 137 Å². The lowest BCUT2D eigenvalue weighted by molar-refractivity contribution is 0.352. The van der Waals surface area contributed by atoms with Crippen LogP contribution >= 0.6 is 27.3 Å². The number of hydrogen-bond acceptors (Lipinski definition) is 4. The third kappa shape index (κ3) is 3.10. The van der Waals surface area contributed by atoms with E-state index in [1.54, 1.807) is 18.4 Å². The van der Waals surface area contributed by atoms with E-state index < -0.39 is 0 Å². The molecule has 1 aliphatic rings. The fraction of sp³-hybridized carbons (Fsp3) is 0.375.